The number of fused-ring (bicyclic) bond motifs is 6. The van der Waals surface area contributed by atoms with Gasteiger partial charge in [-0.3, -0.25) is 0 Å². The van der Waals surface area contributed by atoms with E-state index in [2.05, 4.69) is 133 Å². The van der Waals surface area contributed by atoms with Gasteiger partial charge in [0.25, 0.3) is 0 Å². The number of para-hydroxylation sites is 4. The van der Waals surface area contributed by atoms with Crippen LogP contribution in [0.1, 0.15) is 27.2 Å². The maximum Gasteiger partial charge on any atom is 0.0690 e. The summed E-state index contributed by atoms with van der Waals surface area (Å²) >= 11 is 0. The molecule has 0 aliphatic heterocycles. The fraction of sp³-hybridized carbons (Fsp3) is 0.152. The first-order valence-electron chi connectivity index (χ1n) is 12.4. The standard InChI is InChI=1S/C33H28N2/c1-22-20-23(2)33(3,35-30-18-10-6-14-26(30)27-15-7-11-19-31(27)35)21-32(22)34-28-16-8-4-12-24(28)25-13-5-9-17-29(25)34/h4-20H,21H2,1-3H3. The van der Waals surface area contributed by atoms with Crippen LogP contribution in [0, 0.1) is 0 Å². The average molecular weight is 453 g/mol. The smallest absolute Gasteiger partial charge is 0.0690 e. The Morgan fingerprint density at radius 1 is 0.571 bits per heavy atom. The van der Waals surface area contributed by atoms with Gasteiger partial charge in [0.2, 0.25) is 0 Å². The van der Waals surface area contributed by atoms with Crippen molar-refractivity contribution in [3.63, 3.8) is 0 Å². The number of hydrogen-bond acceptors (Lipinski definition) is 0. The second-order valence-corrected chi connectivity index (χ2v) is 10.1. The van der Waals surface area contributed by atoms with Crippen LogP contribution >= 0.6 is 0 Å². The maximum absolute atomic E-state index is 2.59. The monoisotopic (exact) mass is 452 g/mol. The zero-order valence-electron chi connectivity index (χ0n) is 20.4. The molecular weight excluding hydrogens is 424 g/mol. The van der Waals surface area contributed by atoms with E-state index in [1.54, 1.807) is 0 Å². The summed E-state index contributed by atoms with van der Waals surface area (Å²) in [6.07, 6.45) is 3.33. The highest BCUT2D eigenvalue weighted by molar-refractivity contribution is 6.11. The molecule has 1 aliphatic carbocycles. The highest BCUT2D eigenvalue weighted by atomic mass is 15.1. The Hall–Kier alpha value is -4.04. The Kier molecular flexibility index (Phi) is 4.20. The molecule has 6 aromatic rings. The lowest BCUT2D eigenvalue weighted by Crippen LogP contribution is -2.34. The lowest BCUT2D eigenvalue weighted by atomic mass is 9.81. The van der Waals surface area contributed by atoms with Gasteiger partial charge in [0.1, 0.15) is 0 Å². The highest BCUT2D eigenvalue weighted by Gasteiger charge is 2.36. The molecular formula is C33H28N2. The summed E-state index contributed by atoms with van der Waals surface area (Å²) in [7, 11) is 0. The normalized spacial score (nSPS) is 18.8. The number of benzene rings is 4. The molecule has 0 saturated carbocycles. The molecule has 0 bridgehead atoms. The molecule has 0 radical (unpaired) electrons. The van der Waals surface area contributed by atoms with Crippen molar-refractivity contribution in [2.24, 2.45) is 0 Å². The van der Waals surface area contributed by atoms with E-state index < -0.39 is 0 Å². The van der Waals surface area contributed by atoms with Crippen LogP contribution in [0.5, 0.6) is 0 Å². The summed E-state index contributed by atoms with van der Waals surface area (Å²) in [6, 6.07) is 35.3. The Morgan fingerprint density at radius 3 is 1.46 bits per heavy atom. The maximum atomic E-state index is 2.59. The van der Waals surface area contributed by atoms with Gasteiger partial charge < -0.3 is 9.13 Å². The molecule has 7 rings (SSSR count). The third kappa shape index (κ3) is 2.71. The summed E-state index contributed by atoms with van der Waals surface area (Å²) in [5.41, 5.74) is 9.07. The molecule has 0 N–H and O–H groups in total. The quantitative estimate of drug-likeness (QED) is 0.248. The van der Waals surface area contributed by atoms with Crippen LogP contribution in [-0.2, 0) is 5.54 Å². The Labute approximate surface area is 205 Å². The Bertz CT molecular complexity index is 1750. The van der Waals surface area contributed by atoms with Gasteiger partial charge in [-0.25, -0.2) is 0 Å². The number of allylic oxidation sites excluding steroid dienone is 4. The van der Waals surface area contributed by atoms with E-state index in [0.717, 1.165) is 6.42 Å². The third-order valence-corrected chi connectivity index (χ3v) is 8.17. The van der Waals surface area contributed by atoms with Gasteiger partial charge in [0, 0.05) is 44.7 Å². The van der Waals surface area contributed by atoms with Gasteiger partial charge in [0.05, 0.1) is 16.6 Å². The Morgan fingerprint density at radius 2 is 0.971 bits per heavy atom. The highest BCUT2D eigenvalue weighted by Crippen LogP contribution is 2.46. The SMILES string of the molecule is CC1=CC(C)=C(n2c3ccccc3c3ccccc32)CC1(C)n1c2ccccc2c2ccccc21. The summed E-state index contributed by atoms with van der Waals surface area (Å²) < 4.78 is 5.10. The van der Waals surface area contributed by atoms with Crippen molar-refractivity contribution in [3.05, 3.63) is 114 Å². The minimum absolute atomic E-state index is 0.190. The van der Waals surface area contributed by atoms with E-state index in [1.807, 2.05) is 0 Å². The zero-order valence-corrected chi connectivity index (χ0v) is 20.4. The molecule has 4 aromatic carbocycles. The van der Waals surface area contributed by atoms with Crippen LogP contribution in [-0.4, -0.2) is 9.13 Å². The van der Waals surface area contributed by atoms with E-state index in [4.69, 9.17) is 0 Å². The second-order valence-electron chi connectivity index (χ2n) is 10.1. The van der Waals surface area contributed by atoms with Crippen molar-refractivity contribution in [2.45, 2.75) is 32.7 Å². The second kappa shape index (κ2) is 7.23. The zero-order chi connectivity index (χ0) is 23.7. The van der Waals surface area contributed by atoms with E-state index in [-0.39, 0.29) is 5.54 Å². The molecule has 2 nitrogen and oxygen atoms in total. The van der Waals surface area contributed by atoms with Crippen LogP contribution in [0.2, 0.25) is 0 Å². The van der Waals surface area contributed by atoms with Gasteiger partial charge in [-0.05, 0) is 56.2 Å². The molecule has 2 heteroatoms. The van der Waals surface area contributed by atoms with Crippen molar-refractivity contribution in [1.82, 2.24) is 9.13 Å². The molecule has 2 aromatic heterocycles. The fourth-order valence-corrected chi connectivity index (χ4v) is 6.35. The van der Waals surface area contributed by atoms with Crippen LogP contribution in [0.15, 0.2) is 114 Å². The van der Waals surface area contributed by atoms with Crippen molar-refractivity contribution in [2.75, 3.05) is 0 Å². The van der Waals surface area contributed by atoms with E-state index >= 15 is 0 Å². The Balaban J connectivity index is 1.53. The molecule has 0 saturated heterocycles. The van der Waals surface area contributed by atoms with E-state index in [0.29, 0.717) is 0 Å². The van der Waals surface area contributed by atoms with Crippen molar-refractivity contribution in [3.8, 4) is 0 Å². The predicted octanol–water partition coefficient (Wildman–Crippen LogP) is 8.90. The number of aromatic nitrogens is 2. The molecule has 0 amide bonds. The molecule has 35 heavy (non-hydrogen) atoms. The fourth-order valence-electron chi connectivity index (χ4n) is 6.35. The van der Waals surface area contributed by atoms with E-state index in [1.165, 1.54) is 60.5 Å². The average Bonchev–Trinajstić information content (AvgIpc) is 3.40. The molecule has 170 valence electrons. The van der Waals surface area contributed by atoms with Gasteiger partial charge >= 0.3 is 0 Å². The van der Waals surface area contributed by atoms with Crippen molar-refractivity contribution < 1.29 is 0 Å². The molecule has 1 atom stereocenters. The molecule has 0 spiro atoms. The largest absolute Gasteiger partial charge is 0.330 e. The van der Waals surface area contributed by atoms with Crippen molar-refractivity contribution >= 4 is 49.3 Å². The first-order valence-corrected chi connectivity index (χ1v) is 12.4. The van der Waals surface area contributed by atoms with Crippen LogP contribution < -0.4 is 0 Å². The van der Waals surface area contributed by atoms with E-state index in [9.17, 15) is 0 Å². The molecule has 0 fully saturated rings. The minimum Gasteiger partial charge on any atom is -0.330 e. The molecule has 2 heterocycles. The summed E-state index contributed by atoms with van der Waals surface area (Å²) in [4.78, 5) is 0. The predicted molar refractivity (Wildman–Crippen MR) is 150 cm³/mol. The van der Waals surface area contributed by atoms with Gasteiger partial charge in [-0.2, -0.15) is 0 Å². The number of nitrogens with zero attached hydrogens (tertiary/aromatic N) is 2. The number of hydrogen-bond donors (Lipinski definition) is 0. The summed E-state index contributed by atoms with van der Waals surface area (Å²) in [5, 5.41) is 5.27. The number of rotatable bonds is 2. The van der Waals surface area contributed by atoms with Crippen molar-refractivity contribution in [1.29, 1.82) is 0 Å². The van der Waals surface area contributed by atoms with Crippen LogP contribution in [0.25, 0.3) is 49.3 Å². The third-order valence-electron chi connectivity index (χ3n) is 8.17. The van der Waals surface area contributed by atoms with Crippen LogP contribution in [0.4, 0.5) is 0 Å². The van der Waals surface area contributed by atoms with Gasteiger partial charge in [-0.1, -0.05) is 78.9 Å². The first-order chi connectivity index (χ1) is 17.1. The lowest BCUT2D eigenvalue weighted by Gasteiger charge is -2.39. The van der Waals surface area contributed by atoms with Gasteiger partial charge in [0.15, 0.2) is 0 Å². The lowest BCUT2D eigenvalue weighted by molar-refractivity contribution is 0.408. The molecule has 1 aliphatic rings. The van der Waals surface area contributed by atoms with Gasteiger partial charge in [-0.15, -0.1) is 0 Å². The minimum atomic E-state index is -0.190. The molecule has 1 unspecified atom stereocenters. The summed E-state index contributed by atoms with van der Waals surface area (Å²) in [6.45, 7) is 6.99. The first kappa shape index (κ1) is 20.3. The summed E-state index contributed by atoms with van der Waals surface area (Å²) in [5.74, 6) is 0. The topological polar surface area (TPSA) is 9.86 Å². The van der Waals surface area contributed by atoms with Crippen LogP contribution in [0.3, 0.4) is 0 Å².